The molecule has 2 amide bonds. The van der Waals surface area contributed by atoms with E-state index in [2.05, 4.69) is 27.1 Å². The van der Waals surface area contributed by atoms with Crippen LogP contribution in [0.2, 0.25) is 5.02 Å². The molecule has 0 saturated carbocycles. The van der Waals surface area contributed by atoms with E-state index < -0.39 is 29.9 Å². The number of nitrogens with one attached hydrogen (secondary N) is 1. The van der Waals surface area contributed by atoms with Gasteiger partial charge in [0.1, 0.15) is 52.9 Å². The fraction of sp³-hybridized carbons (Fsp3) is 0.333. The summed E-state index contributed by atoms with van der Waals surface area (Å²) >= 11 is 7.87. The number of benzene rings is 2. The summed E-state index contributed by atoms with van der Waals surface area (Å²) in [4.78, 5) is 38.3. The van der Waals surface area contributed by atoms with Crippen molar-refractivity contribution in [2.75, 3.05) is 26.0 Å². The van der Waals surface area contributed by atoms with Crippen molar-refractivity contribution >= 4 is 56.8 Å². The lowest BCUT2D eigenvalue weighted by Crippen LogP contribution is -2.40. The molecule has 1 fully saturated rings. The van der Waals surface area contributed by atoms with E-state index in [4.69, 9.17) is 25.8 Å². The Hall–Kier alpha value is -4.60. The lowest BCUT2D eigenvalue weighted by Gasteiger charge is -2.26. The Balaban J connectivity index is 1.31. The zero-order valence-electron chi connectivity index (χ0n) is 26.0. The number of carbonyl (C=O) groups is 2. The standard InChI is InChI=1S/C33H33ClFN5O5S/c1-33(2,3)45-32(42)40-17-24(44-31(41)39(4)5)15-23(40)10-11-25-16-26-29(36-19-37-30(26)46-25)38-22-9-12-28(27(34)14-22)43-18-20-7-6-8-21(35)13-20/h6-9,12-14,16,19,23-24H,15,17-18H2,1-5H3,(H,36,37,38)/t23-,24?/m0/s1. The molecule has 1 N–H and O–H groups in total. The first-order chi connectivity index (χ1) is 21.8. The third-order valence-corrected chi connectivity index (χ3v) is 7.95. The number of hydrogen-bond acceptors (Lipinski definition) is 9. The lowest BCUT2D eigenvalue weighted by molar-refractivity contribution is 0.0222. The molecule has 2 atom stereocenters. The van der Waals surface area contributed by atoms with Crippen LogP contribution < -0.4 is 10.1 Å². The molecular formula is C33H33ClFN5O5S. The molecule has 0 aliphatic carbocycles. The van der Waals surface area contributed by atoms with Gasteiger partial charge in [0.05, 0.1) is 21.8 Å². The smallest absolute Gasteiger partial charge is 0.411 e. The minimum absolute atomic E-state index is 0.174. The fourth-order valence-corrected chi connectivity index (χ4v) is 5.68. The number of aromatic nitrogens is 2. The van der Waals surface area contributed by atoms with Crippen LogP contribution in [0.25, 0.3) is 10.2 Å². The van der Waals surface area contributed by atoms with Gasteiger partial charge in [0, 0.05) is 26.2 Å². The number of fused-ring (bicyclic) bond motifs is 1. The van der Waals surface area contributed by atoms with Crippen LogP contribution in [0.15, 0.2) is 54.9 Å². The molecule has 0 bridgehead atoms. The molecule has 3 heterocycles. The van der Waals surface area contributed by atoms with Gasteiger partial charge in [0.25, 0.3) is 0 Å². The average molecular weight is 666 g/mol. The molecule has 2 aromatic carbocycles. The normalized spacial score (nSPS) is 16.0. The maximum atomic E-state index is 13.5. The fourth-order valence-electron chi connectivity index (χ4n) is 4.58. The van der Waals surface area contributed by atoms with Gasteiger partial charge in [0.15, 0.2) is 0 Å². The third-order valence-electron chi connectivity index (χ3n) is 6.69. The van der Waals surface area contributed by atoms with Crippen molar-refractivity contribution in [1.29, 1.82) is 0 Å². The second-order valence-corrected chi connectivity index (χ2v) is 13.2. The first-order valence-corrected chi connectivity index (χ1v) is 15.6. The molecule has 13 heteroatoms. The van der Waals surface area contributed by atoms with Crippen LogP contribution in [0.4, 0.5) is 25.5 Å². The van der Waals surface area contributed by atoms with E-state index in [1.165, 1.54) is 39.6 Å². The number of halogens is 2. The molecule has 1 saturated heterocycles. The summed E-state index contributed by atoms with van der Waals surface area (Å²) < 4.78 is 30.4. The van der Waals surface area contributed by atoms with Crippen LogP contribution in [-0.2, 0) is 16.1 Å². The highest BCUT2D eigenvalue weighted by Gasteiger charge is 2.39. The Labute approximate surface area is 275 Å². The van der Waals surface area contributed by atoms with Gasteiger partial charge in [0.2, 0.25) is 0 Å². The Morgan fingerprint density at radius 1 is 1.17 bits per heavy atom. The summed E-state index contributed by atoms with van der Waals surface area (Å²) in [5, 5.41) is 4.42. The molecule has 1 unspecified atom stereocenters. The molecule has 0 spiro atoms. The van der Waals surface area contributed by atoms with Gasteiger partial charge >= 0.3 is 12.2 Å². The monoisotopic (exact) mass is 665 g/mol. The minimum atomic E-state index is -0.693. The number of ether oxygens (including phenoxy) is 3. The average Bonchev–Trinajstić information content (AvgIpc) is 3.59. The number of carbonyl (C=O) groups excluding carboxylic acids is 2. The van der Waals surface area contributed by atoms with Crippen LogP contribution in [0.3, 0.4) is 0 Å². The zero-order valence-corrected chi connectivity index (χ0v) is 27.5. The van der Waals surface area contributed by atoms with Crippen molar-refractivity contribution in [2.45, 2.75) is 51.5 Å². The number of thiophene rings is 1. The third kappa shape index (κ3) is 8.35. The quantitative estimate of drug-likeness (QED) is 0.215. The molecular weight excluding hydrogens is 633 g/mol. The molecule has 5 rings (SSSR count). The first kappa shape index (κ1) is 32.8. The Morgan fingerprint density at radius 3 is 2.70 bits per heavy atom. The van der Waals surface area contributed by atoms with Crippen molar-refractivity contribution in [3.05, 3.63) is 76.1 Å². The molecule has 46 heavy (non-hydrogen) atoms. The summed E-state index contributed by atoms with van der Waals surface area (Å²) in [6.45, 7) is 5.73. The molecule has 2 aromatic heterocycles. The maximum absolute atomic E-state index is 13.5. The number of amides is 2. The van der Waals surface area contributed by atoms with Crippen LogP contribution in [0.5, 0.6) is 5.75 Å². The molecule has 240 valence electrons. The number of hydrogen-bond donors (Lipinski definition) is 1. The Bertz CT molecular complexity index is 1820. The van der Waals surface area contributed by atoms with E-state index in [-0.39, 0.29) is 19.0 Å². The van der Waals surface area contributed by atoms with Gasteiger partial charge in [-0.2, -0.15) is 0 Å². The second kappa shape index (κ2) is 13.8. The molecule has 10 nitrogen and oxygen atoms in total. The minimum Gasteiger partial charge on any atom is -0.487 e. The van der Waals surface area contributed by atoms with E-state index in [1.807, 2.05) is 6.07 Å². The van der Waals surface area contributed by atoms with Crippen LogP contribution in [0.1, 0.15) is 37.6 Å². The number of rotatable bonds is 6. The predicted molar refractivity (Wildman–Crippen MR) is 175 cm³/mol. The summed E-state index contributed by atoms with van der Waals surface area (Å²) in [6, 6.07) is 12.8. The Kier molecular flexibility index (Phi) is 9.84. The van der Waals surface area contributed by atoms with Crippen molar-refractivity contribution < 1.29 is 28.2 Å². The molecule has 1 aliphatic rings. The van der Waals surface area contributed by atoms with Gasteiger partial charge in [-0.25, -0.2) is 23.9 Å². The summed E-state index contributed by atoms with van der Waals surface area (Å²) in [5.41, 5.74) is 0.678. The van der Waals surface area contributed by atoms with Gasteiger partial charge in [-0.05, 0) is 62.7 Å². The summed E-state index contributed by atoms with van der Waals surface area (Å²) in [6.07, 6.45) is 0.287. The first-order valence-electron chi connectivity index (χ1n) is 14.4. The topological polar surface area (TPSA) is 106 Å². The number of nitrogens with zero attached hydrogens (tertiary/aromatic N) is 4. The van der Waals surface area contributed by atoms with Crippen molar-refractivity contribution in [3.63, 3.8) is 0 Å². The van der Waals surface area contributed by atoms with E-state index in [9.17, 15) is 14.0 Å². The van der Waals surface area contributed by atoms with Crippen molar-refractivity contribution in [3.8, 4) is 17.6 Å². The van der Waals surface area contributed by atoms with Crippen LogP contribution >= 0.6 is 22.9 Å². The summed E-state index contributed by atoms with van der Waals surface area (Å²) in [7, 11) is 3.20. The largest absolute Gasteiger partial charge is 0.487 e. The molecule has 4 aromatic rings. The second-order valence-electron chi connectivity index (χ2n) is 11.8. The van der Waals surface area contributed by atoms with Crippen molar-refractivity contribution in [1.82, 2.24) is 19.8 Å². The van der Waals surface area contributed by atoms with Gasteiger partial charge in [-0.15, -0.1) is 11.3 Å². The van der Waals surface area contributed by atoms with Gasteiger partial charge in [-0.3, -0.25) is 4.90 Å². The number of likely N-dealkylation sites (tertiary alicyclic amines) is 1. The highest BCUT2D eigenvalue weighted by atomic mass is 35.5. The SMILES string of the molecule is CN(C)C(=O)OC1C[C@H](C#Cc2cc3c(Nc4ccc(OCc5cccc(F)c5)c(Cl)c4)ncnc3s2)N(C(=O)OC(C)(C)C)C1. The van der Waals surface area contributed by atoms with E-state index in [0.717, 1.165) is 15.1 Å². The van der Waals surface area contributed by atoms with Gasteiger partial charge in [-0.1, -0.05) is 35.6 Å². The van der Waals surface area contributed by atoms with Gasteiger partial charge < -0.3 is 24.4 Å². The zero-order chi connectivity index (χ0) is 33.0. The maximum Gasteiger partial charge on any atom is 0.411 e. The Morgan fingerprint density at radius 2 is 1.98 bits per heavy atom. The van der Waals surface area contributed by atoms with E-state index in [0.29, 0.717) is 34.3 Å². The molecule has 0 radical (unpaired) electrons. The van der Waals surface area contributed by atoms with Crippen LogP contribution in [0, 0.1) is 17.7 Å². The number of anilines is 2. The molecule has 1 aliphatic heterocycles. The summed E-state index contributed by atoms with van der Waals surface area (Å²) in [5.74, 6) is 7.04. The van der Waals surface area contributed by atoms with Crippen LogP contribution in [-0.4, -0.2) is 70.3 Å². The highest BCUT2D eigenvalue weighted by Crippen LogP contribution is 2.33. The van der Waals surface area contributed by atoms with E-state index in [1.54, 1.807) is 65.2 Å². The highest BCUT2D eigenvalue weighted by molar-refractivity contribution is 7.19. The predicted octanol–water partition coefficient (Wildman–Crippen LogP) is 7.23. The lowest BCUT2D eigenvalue weighted by atomic mass is 10.2. The van der Waals surface area contributed by atoms with Crippen molar-refractivity contribution in [2.24, 2.45) is 0 Å². The van der Waals surface area contributed by atoms with E-state index >= 15 is 0 Å².